The predicted octanol–water partition coefficient (Wildman–Crippen LogP) is 3.15. The smallest absolute Gasteiger partial charge is 0.199 e. The summed E-state index contributed by atoms with van der Waals surface area (Å²) in [5.41, 5.74) is 4.09. The van der Waals surface area contributed by atoms with Crippen molar-refractivity contribution < 1.29 is 9.15 Å². The largest absolute Gasteiger partial charge is 0.497 e. The summed E-state index contributed by atoms with van der Waals surface area (Å²) in [6, 6.07) is 14.0. The molecule has 4 heteroatoms. The van der Waals surface area contributed by atoms with Gasteiger partial charge >= 0.3 is 0 Å². The molecular formula is C17H18N2O2. The molecule has 108 valence electrons. The summed E-state index contributed by atoms with van der Waals surface area (Å²) in [7, 11) is 3.60. The van der Waals surface area contributed by atoms with Gasteiger partial charge in [0.25, 0.3) is 0 Å². The van der Waals surface area contributed by atoms with Gasteiger partial charge in [0.2, 0.25) is 0 Å². The number of nitrogens with one attached hydrogen (secondary N) is 1. The van der Waals surface area contributed by atoms with Gasteiger partial charge in [-0.3, -0.25) is 0 Å². The number of oxazole rings is 1. The highest BCUT2D eigenvalue weighted by Crippen LogP contribution is 2.20. The van der Waals surface area contributed by atoms with E-state index in [0.717, 1.165) is 34.8 Å². The van der Waals surface area contributed by atoms with Crippen LogP contribution in [0.1, 0.15) is 17.0 Å². The molecule has 0 atom stereocenters. The highest BCUT2D eigenvalue weighted by molar-refractivity contribution is 5.73. The Labute approximate surface area is 123 Å². The predicted molar refractivity (Wildman–Crippen MR) is 82.6 cm³/mol. The Balaban J connectivity index is 1.83. The van der Waals surface area contributed by atoms with Gasteiger partial charge in [-0.05, 0) is 42.4 Å². The van der Waals surface area contributed by atoms with Gasteiger partial charge in [-0.2, -0.15) is 0 Å². The molecule has 0 saturated carbocycles. The van der Waals surface area contributed by atoms with Crippen molar-refractivity contribution >= 4 is 11.1 Å². The third kappa shape index (κ3) is 3.06. The summed E-state index contributed by atoms with van der Waals surface area (Å²) in [5.74, 6) is 1.59. The lowest BCUT2D eigenvalue weighted by molar-refractivity contribution is 0.414. The Morgan fingerprint density at radius 3 is 2.57 bits per heavy atom. The van der Waals surface area contributed by atoms with E-state index < -0.39 is 0 Å². The number of benzene rings is 2. The van der Waals surface area contributed by atoms with E-state index in [2.05, 4.69) is 22.4 Å². The number of methoxy groups -OCH3 is 1. The van der Waals surface area contributed by atoms with E-state index in [1.54, 1.807) is 7.11 Å². The zero-order chi connectivity index (χ0) is 14.7. The molecular weight excluding hydrogens is 264 g/mol. The van der Waals surface area contributed by atoms with Crippen molar-refractivity contribution in [3.05, 3.63) is 59.5 Å². The molecule has 3 aromatic rings. The molecule has 3 rings (SSSR count). The highest BCUT2D eigenvalue weighted by Gasteiger charge is 2.07. The molecule has 1 N–H and O–H groups in total. The molecule has 0 saturated heterocycles. The van der Waals surface area contributed by atoms with E-state index in [1.165, 1.54) is 5.56 Å². The molecule has 0 unspecified atom stereocenters. The average Bonchev–Trinajstić information content (AvgIpc) is 2.90. The van der Waals surface area contributed by atoms with Crippen molar-refractivity contribution in [1.29, 1.82) is 0 Å². The second-order valence-electron chi connectivity index (χ2n) is 4.96. The van der Waals surface area contributed by atoms with Gasteiger partial charge in [-0.15, -0.1) is 0 Å². The summed E-state index contributed by atoms with van der Waals surface area (Å²) in [4.78, 5) is 4.57. The Hall–Kier alpha value is -2.33. The Morgan fingerprint density at radius 2 is 1.86 bits per heavy atom. The normalized spacial score (nSPS) is 11.0. The van der Waals surface area contributed by atoms with Crippen LogP contribution in [0.4, 0.5) is 0 Å². The van der Waals surface area contributed by atoms with Gasteiger partial charge in [0.05, 0.1) is 7.11 Å². The van der Waals surface area contributed by atoms with Crippen LogP contribution >= 0.6 is 0 Å². The van der Waals surface area contributed by atoms with Crippen LogP contribution in [0.15, 0.2) is 46.9 Å². The topological polar surface area (TPSA) is 47.3 Å². The maximum absolute atomic E-state index is 5.80. The highest BCUT2D eigenvalue weighted by atomic mass is 16.5. The first-order valence-electron chi connectivity index (χ1n) is 6.94. The van der Waals surface area contributed by atoms with E-state index in [-0.39, 0.29) is 0 Å². The Morgan fingerprint density at radius 1 is 1.10 bits per heavy atom. The molecule has 0 aliphatic carbocycles. The number of nitrogens with zero attached hydrogens (tertiary/aromatic N) is 1. The second kappa shape index (κ2) is 5.97. The van der Waals surface area contributed by atoms with E-state index in [4.69, 9.17) is 9.15 Å². The van der Waals surface area contributed by atoms with E-state index in [1.807, 2.05) is 37.4 Å². The average molecular weight is 282 g/mol. The number of fused-ring (bicyclic) bond motifs is 1. The summed E-state index contributed by atoms with van der Waals surface area (Å²) < 4.78 is 11.0. The number of hydrogen-bond acceptors (Lipinski definition) is 4. The van der Waals surface area contributed by atoms with Crippen molar-refractivity contribution in [3.8, 4) is 5.75 Å². The monoisotopic (exact) mass is 282 g/mol. The van der Waals surface area contributed by atoms with Crippen LogP contribution in [-0.2, 0) is 13.0 Å². The summed E-state index contributed by atoms with van der Waals surface area (Å²) >= 11 is 0. The lowest BCUT2D eigenvalue weighted by Crippen LogP contribution is -2.04. The van der Waals surface area contributed by atoms with Crippen molar-refractivity contribution in [2.45, 2.75) is 13.0 Å². The van der Waals surface area contributed by atoms with E-state index >= 15 is 0 Å². The number of ether oxygens (including phenoxy) is 1. The van der Waals surface area contributed by atoms with E-state index in [9.17, 15) is 0 Å². The molecule has 1 aromatic heterocycles. The maximum atomic E-state index is 5.80. The molecule has 0 aliphatic heterocycles. The van der Waals surface area contributed by atoms with Crippen LogP contribution < -0.4 is 10.1 Å². The van der Waals surface area contributed by atoms with Crippen LogP contribution in [0.2, 0.25) is 0 Å². The lowest BCUT2D eigenvalue weighted by atomic mass is 10.1. The van der Waals surface area contributed by atoms with Crippen molar-refractivity contribution in [3.63, 3.8) is 0 Å². The van der Waals surface area contributed by atoms with Crippen molar-refractivity contribution in [2.24, 2.45) is 0 Å². The second-order valence-corrected chi connectivity index (χ2v) is 4.96. The molecule has 1 heterocycles. The third-order valence-electron chi connectivity index (χ3n) is 3.39. The molecule has 2 aromatic carbocycles. The van der Waals surface area contributed by atoms with Crippen molar-refractivity contribution in [2.75, 3.05) is 14.2 Å². The van der Waals surface area contributed by atoms with Gasteiger partial charge in [0.15, 0.2) is 11.5 Å². The fourth-order valence-electron chi connectivity index (χ4n) is 2.33. The number of rotatable bonds is 5. The van der Waals surface area contributed by atoms with Gasteiger partial charge in [-0.25, -0.2) is 4.98 Å². The molecule has 21 heavy (non-hydrogen) atoms. The standard InChI is InChI=1S/C17H18N2O2/c1-18-11-13-5-8-16-15(9-13)19-17(21-16)10-12-3-6-14(20-2)7-4-12/h3-9,18H,10-11H2,1-2H3. The van der Waals surface area contributed by atoms with Gasteiger partial charge in [-0.1, -0.05) is 18.2 Å². The van der Waals surface area contributed by atoms with E-state index in [0.29, 0.717) is 6.42 Å². The molecule has 0 amide bonds. The lowest BCUT2D eigenvalue weighted by Gasteiger charge is -2.00. The zero-order valence-electron chi connectivity index (χ0n) is 12.2. The van der Waals surface area contributed by atoms with Gasteiger partial charge < -0.3 is 14.5 Å². The number of aromatic nitrogens is 1. The Kier molecular flexibility index (Phi) is 3.88. The van der Waals surface area contributed by atoms with Gasteiger partial charge in [0, 0.05) is 13.0 Å². The van der Waals surface area contributed by atoms with Crippen LogP contribution in [0.25, 0.3) is 11.1 Å². The summed E-state index contributed by atoms with van der Waals surface area (Å²) in [5, 5.41) is 3.14. The quantitative estimate of drug-likeness (QED) is 0.781. The fraction of sp³-hybridized carbons (Fsp3) is 0.235. The Bertz CT molecular complexity index is 732. The van der Waals surface area contributed by atoms with Crippen molar-refractivity contribution in [1.82, 2.24) is 10.3 Å². The maximum Gasteiger partial charge on any atom is 0.199 e. The minimum Gasteiger partial charge on any atom is -0.497 e. The van der Waals surface area contributed by atoms with Gasteiger partial charge in [0.1, 0.15) is 11.3 Å². The number of hydrogen-bond donors (Lipinski definition) is 1. The van der Waals surface area contributed by atoms with Crippen LogP contribution in [0.3, 0.4) is 0 Å². The molecule has 0 spiro atoms. The molecule has 0 bridgehead atoms. The SMILES string of the molecule is CNCc1ccc2oc(Cc3ccc(OC)cc3)nc2c1. The van der Waals surface area contributed by atoms with Crippen LogP contribution in [0.5, 0.6) is 5.75 Å². The zero-order valence-corrected chi connectivity index (χ0v) is 12.2. The first kappa shape index (κ1) is 13.6. The first-order valence-corrected chi connectivity index (χ1v) is 6.94. The van der Waals surface area contributed by atoms with Crippen LogP contribution in [-0.4, -0.2) is 19.1 Å². The molecule has 0 radical (unpaired) electrons. The molecule has 0 fully saturated rings. The summed E-state index contributed by atoms with van der Waals surface area (Å²) in [6.45, 7) is 0.830. The third-order valence-corrected chi connectivity index (χ3v) is 3.39. The fourth-order valence-corrected chi connectivity index (χ4v) is 2.33. The molecule has 0 aliphatic rings. The minimum atomic E-state index is 0.681. The summed E-state index contributed by atoms with van der Waals surface area (Å²) in [6.07, 6.45) is 0.681. The molecule has 4 nitrogen and oxygen atoms in total. The minimum absolute atomic E-state index is 0.681. The van der Waals surface area contributed by atoms with Crippen LogP contribution in [0, 0.1) is 0 Å². The first-order chi connectivity index (χ1) is 10.3.